The van der Waals surface area contributed by atoms with Crippen LogP contribution < -0.4 is 10.5 Å². The predicted molar refractivity (Wildman–Crippen MR) is 93.1 cm³/mol. The Kier molecular flexibility index (Phi) is 5.55. The normalized spacial score (nSPS) is 11.3. The number of para-hydroxylation sites is 1. The van der Waals surface area contributed by atoms with E-state index in [2.05, 4.69) is 20.7 Å². The summed E-state index contributed by atoms with van der Waals surface area (Å²) >= 11 is 4.78. The lowest BCUT2D eigenvalue weighted by molar-refractivity contribution is 0.602. The number of thioether (sulfide) groups is 1. The van der Waals surface area contributed by atoms with Crippen molar-refractivity contribution in [1.29, 1.82) is 0 Å². The Hall–Kier alpha value is -1.18. The molecule has 112 valence electrons. The van der Waals surface area contributed by atoms with Gasteiger partial charge in [-0.2, -0.15) is 0 Å². The molecule has 2 aromatic carbocycles. The molecule has 0 fully saturated rings. The van der Waals surface area contributed by atoms with Gasteiger partial charge in [-0.3, -0.25) is 4.72 Å². The van der Waals surface area contributed by atoms with Crippen LogP contribution in [0.4, 0.5) is 11.4 Å². The highest BCUT2D eigenvalue weighted by Crippen LogP contribution is 2.24. The number of rotatable bonds is 6. The summed E-state index contributed by atoms with van der Waals surface area (Å²) < 4.78 is 27.4. The molecular formula is C14H15BrN2O2S2. The second kappa shape index (κ2) is 7.20. The Balaban J connectivity index is 1.91. The van der Waals surface area contributed by atoms with Gasteiger partial charge in [0.2, 0.25) is 10.0 Å². The number of nitrogen functional groups attached to an aromatic ring is 1. The van der Waals surface area contributed by atoms with Crippen LogP contribution in [-0.2, 0) is 10.0 Å². The van der Waals surface area contributed by atoms with Gasteiger partial charge in [0.05, 0.1) is 11.4 Å². The molecule has 7 heteroatoms. The fourth-order valence-electron chi connectivity index (χ4n) is 1.64. The van der Waals surface area contributed by atoms with Gasteiger partial charge in [-0.05, 0) is 46.3 Å². The zero-order valence-electron chi connectivity index (χ0n) is 11.1. The highest BCUT2D eigenvalue weighted by atomic mass is 79.9. The SMILES string of the molecule is Nc1cccc(SCCS(=O)(=O)Nc2ccccc2Br)c1. The molecule has 0 radical (unpaired) electrons. The molecule has 2 rings (SSSR count). The van der Waals surface area contributed by atoms with Crippen LogP contribution in [0.15, 0.2) is 57.9 Å². The summed E-state index contributed by atoms with van der Waals surface area (Å²) in [5.41, 5.74) is 6.91. The Morgan fingerprint density at radius 1 is 1.14 bits per heavy atom. The third kappa shape index (κ3) is 5.26. The molecule has 2 aromatic rings. The second-order valence-corrected chi connectivity index (χ2v) is 8.19. The summed E-state index contributed by atoms with van der Waals surface area (Å²) in [4.78, 5) is 0.964. The van der Waals surface area contributed by atoms with Crippen LogP contribution in [0.1, 0.15) is 0 Å². The molecule has 0 spiro atoms. The van der Waals surface area contributed by atoms with E-state index in [1.807, 2.05) is 24.3 Å². The van der Waals surface area contributed by atoms with Gasteiger partial charge in [0, 0.05) is 20.8 Å². The maximum Gasteiger partial charge on any atom is 0.233 e. The lowest BCUT2D eigenvalue weighted by atomic mass is 10.3. The molecule has 0 saturated heterocycles. The van der Waals surface area contributed by atoms with E-state index < -0.39 is 10.0 Å². The molecule has 0 atom stereocenters. The number of hydrogen-bond acceptors (Lipinski definition) is 4. The lowest BCUT2D eigenvalue weighted by Gasteiger charge is -2.09. The molecule has 0 amide bonds. The van der Waals surface area contributed by atoms with E-state index in [4.69, 9.17) is 5.73 Å². The topological polar surface area (TPSA) is 72.2 Å². The molecule has 0 saturated carbocycles. The van der Waals surface area contributed by atoms with Crippen molar-refractivity contribution in [2.45, 2.75) is 4.90 Å². The minimum absolute atomic E-state index is 0.0355. The molecule has 4 nitrogen and oxygen atoms in total. The van der Waals surface area contributed by atoms with Crippen LogP contribution in [-0.4, -0.2) is 19.9 Å². The first-order valence-corrected chi connectivity index (χ1v) is 9.63. The Labute approximate surface area is 137 Å². The van der Waals surface area contributed by atoms with Crippen molar-refractivity contribution in [1.82, 2.24) is 0 Å². The van der Waals surface area contributed by atoms with Crippen molar-refractivity contribution in [2.75, 3.05) is 22.0 Å². The number of nitrogens with one attached hydrogen (secondary N) is 1. The average Bonchev–Trinajstić information content (AvgIpc) is 2.41. The average molecular weight is 387 g/mol. The quantitative estimate of drug-likeness (QED) is 0.587. The van der Waals surface area contributed by atoms with Gasteiger partial charge in [0.25, 0.3) is 0 Å². The first-order chi connectivity index (χ1) is 9.96. The largest absolute Gasteiger partial charge is 0.399 e. The third-order valence-corrected chi connectivity index (χ3v) is 5.84. The number of anilines is 2. The molecule has 0 heterocycles. The summed E-state index contributed by atoms with van der Waals surface area (Å²) in [6.07, 6.45) is 0. The fraction of sp³-hybridized carbons (Fsp3) is 0.143. The molecule has 0 bridgehead atoms. The monoisotopic (exact) mass is 386 g/mol. The van der Waals surface area contributed by atoms with Crippen molar-refractivity contribution in [3.63, 3.8) is 0 Å². The van der Waals surface area contributed by atoms with Gasteiger partial charge in [0.1, 0.15) is 0 Å². The summed E-state index contributed by atoms with van der Waals surface area (Å²) in [6, 6.07) is 14.5. The zero-order chi connectivity index (χ0) is 15.3. The maximum atomic E-state index is 12.0. The molecular weight excluding hydrogens is 372 g/mol. The van der Waals surface area contributed by atoms with E-state index in [-0.39, 0.29) is 5.75 Å². The van der Waals surface area contributed by atoms with Crippen molar-refractivity contribution in [3.05, 3.63) is 53.0 Å². The molecule has 0 unspecified atom stereocenters. The van der Waals surface area contributed by atoms with Crippen LogP contribution in [0, 0.1) is 0 Å². The van der Waals surface area contributed by atoms with Crippen LogP contribution >= 0.6 is 27.7 Å². The highest BCUT2D eigenvalue weighted by molar-refractivity contribution is 9.10. The summed E-state index contributed by atoms with van der Waals surface area (Å²) in [7, 11) is -3.37. The van der Waals surface area contributed by atoms with Crippen LogP contribution in [0.2, 0.25) is 0 Å². The van der Waals surface area contributed by atoms with Crippen LogP contribution in [0.5, 0.6) is 0 Å². The molecule has 21 heavy (non-hydrogen) atoms. The Morgan fingerprint density at radius 2 is 1.90 bits per heavy atom. The zero-order valence-corrected chi connectivity index (χ0v) is 14.3. The molecule has 0 aromatic heterocycles. The lowest BCUT2D eigenvalue weighted by Crippen LogP contribution is -2.18. The third-order valence-electron chi connectivity index (χ3n) is 2.62. The number of benzene rings is 2. The first-order valence-electron chi connectivity index (χ1n) is 6.20. The van der Waals surface area contributed by atoms with Crippen molar-refractivity contribution < 1.29 is 8.42 Å². The number of nitrogens with two attached hydrogens (primary N) is 1. The number of hydrogen-bond donors (Lipinski definition) is 2. The van der Waals surface area contributed by atoms with E-state index >= 15 is 0 Å². The van der Waals surface area contributed by atoms with Gasteiger partial charge < -0.3 is 5.73 Å². The number of sulfonamides is 1. The summed E-state index contributed by atoms with van der Waals surface area (Å²) in [5.74, 6) is 0.497. The number of halogens is 1. The summed E-state index contributed by atoms with van der Waals surface area (Å²) in [5, 5.41) is 0. The van der Waals surface area contributed by atoms with Crippen molar-refractivity contribution in [3.8, 4) is 0 Å². The van der Waals surface area contributed by atoms with E-state index in [1.165, 1.54) is 11.8 Å². The molecule has 0 aliphatic rings. The molecule has 0 aliphatic heterocycles. The summed E-state index contributed by atoms with van der Waals surface area (Å²) in [6.45, 7) is 0. The standard InChI is InChI=1S/C14H15BrN2O2S2/c15-13-6-1-2-7-14(13)17-21(18,19)9-8-20-12-5-3-4-11(16)10-12/h1-7,10,17H,8-9,16H2. The predicted octanol–water partition coefficient (Wildman–Crippen LogP) is 3.57. The van der Waals surface area contributed by atoms with Crippen molar-refractivity contribution >= 4 is 49.1 Å². The maximum absolute atomic E-state index is 12.0. The second-order valence-electron chi connectivity index (χ2n) is 4.32. The first kappa shape index (κ1) is 16.2. The van der Waals surface area contributed by atoms with Gasteiger partial charge >= 0.3 is 0 Å². The smallest absolute Gasteiger partial charge is 0.233 e. The van der Waals surface area contributed by atoms with E-state index in [9.17, 15) is 8.42 Å². The van der Waals surface area contributed by atoms with Gasteiger partial charge in [0.15, 0.2) is 0 Å². The van der Waals surface area contributed by atoms with E-state index in [0.717, 1.165) is 9.37 Å². The van der Waals surface area contributed by atoms with Crippen molar-refractivity contribution in [2.24, 2.45) is 0 Å². The molecule has 3 N–H and O–H groups in total. The van der Waals surface area contributed by atoms with Gasteiger partial charge in [-0.1, -0.05) is 18.2 Å². The van der Waals surface area contributed by atoms with Crippen LogP contribution in [0.3, 0.4) is 0 Å². The van der Waals surface area contributed by atoms with Gasteiger partial charge in [-0.15, -0.1) is 11.8 Å². The van der Waals surface area contributed by atoms with E-state index in [0.29, 0.717) is 17.1 Å². The van der Waals surface area contributed by atoms with Gasteiger partial charge in [-0.25, -0.2) is 8.42 Å². The highest BCUT2D eigenvalue weighted by Gasteiger charge is 2.12. The Morgan fingerprint density at radius 3 is 2.62 bits per heavy atom. The van der Waals surface area contributed by atoms with Crippen LogP contribution in [0.25, 0.3) is 0 Å². The van der Waals surface area contributed by atoms with E-state index in [1.54, 1.807) is 24.3 Å². The Bertz CT molecular complexity index is 720. The minimum atomic E-state index is -3.37. The fourth-order valence-corrected chi connectivity index (χ4v) is 4.61. The molecule has 0 aliphatic carbocycles. The minimum Gasteiger partial charge on any atom is -0.399 e.